The van der Waals surface area contributed by atoms with Gasteiger partial charge < -0.3 is 10.9 Å². The maximum absolute atomic E-state index is 8.42. The summed E-state index contributed by atoms with van der Waals surface area (Å²) in [7, 11) is 0. The first kappa shape index (κ1) is 8.42. The van der Waals surface area contributed by atoms with Gasteiger partial charge in [0.25, 0.3) is 0 Å². The summed E-state index contributed by atoms with van der Waals surface area (Å²) < 4.78 is 1.53. The molecule has 0 amide bonds. The molecule has 2 aromatic rings. The van der Waals surface area contributed by atoms with Gasteiger partial charge in [-0.2, -0.15) is 0 Å². The van der Waals surface area contributed by atoms with E-state index in [0.717, 1.165) is 5.56 Å². The Morgan fingerprint density at radius 3 is 3.29 bits per heavy atom. The number of tetrazole rings is 1. The van der Waals surface area contributed by atoms with Crippen LogP contribution in [0.25, 0.3) is 5.65 Å². The number of aromatic nitrogens is 4. The summed E-state index contributed by atoms with van der Waals surface area (Å²) in [5.74, 6) is 0.126. The number of fused-ring (bicyclic) bond motifs is 1. The molecule has 0 saturated carbocycles. The molecule has 0 aliphatic heterocycles. The first-order valence-corrected chi connectivity index (χ1v) is 3.93. The highest BCUT2D eigenvalue weighted by atomic mass is 16.4. The van der Waals surface area contributed by atoms with E-state index in [1.54, 1.807) is 12.3 Å². The Bertz CT molecular complexity index is 476. The van der Waals surface area contributed by atoms with Gasteiger partial charge in [-0.15, -0.1) is 5.10 Å². The van der Waals surface area contributed by atoms with E-state index in [-0.39, 0.29) is 5.84 Å². The average molecular weight is 192 g/mol. The van der Waals surface area contributed by atoms with E-state index >= 15 is 0 Å². The number of rotatable bonds is 2. The van der Waals surface area contributed by atoms with Crippen LogP contribution in [0.15, 0.2) is 23.5 Å². The van der Waals surface area contributed by atoms with E-state index < -0.39 is 0 Å². The van der Waals surface area contributed by atoms with Crippen LogP contribution in [0, 0.1) is 0 Å². The van der Waals surface area contributed by atoms with Crippen molar-refractivity contribution in [1.82, 2.24) is 20.0 Å². The largest absolute Gasteiger partial charge is 0.409 e. The van der Waals surface area contributed by atoms with Gasteiger partial charge in [0.1, 0.15) is 5.84 Å². The van der Waals surface area contributed by atoms with E-state index in [1.165, 1.54) is 4.52 Å². The molecule has 7 nitrogen and oxygen atoms in total. The number of hydrogen-bond acceptors (Lipinski definition) is 5. The van der Waals surface area contributed by atoms with Crippen LogP contribution in [-0.2, 0) is 6.42 Å². The lowest BCUT2D eigenvalue weighted by atomic mass is 10.2. The molecule has 14 heavy (non-hydrogen) atoms. The highest BCUT2D eigenvalue weighted by molar-refractivity contribution is 5.83. The number of hydrogen-bond donors (Lipinski definition) is 2. The molecule has 0 saturated heterocycles. The van der Waals surface area contributed by atoms with Crippen molar-refractivity contribution in [3.05, 3.63) is 23.9 Å². The molecule has 72 valence electrons. The number of pyridine rings is 1. The van der Waals surface area contributed by atoms with Gasteiger partial charge in [-0.1, -0.05) is 11.2 Å². The summed E-state index contributed by atoms with van der Waals surface area (Å²) in [6.45, 7) is 0. The minimum Gasteiger partial charge on any atom is -0.409 e. The lowest BCUT2D eigenvalue weighted by molar-refractivity contribution is 0.317. The fraction of sp³-hybridized carbons (Fsp3) is 0.143. The number of amidine groups is 1. The molecule has 0 fully saturated rings. The molecule has 2 heterocycles. The minimum atomic E-state index is 0.126. The number of nitrogens with zero attached hydrogens (tertiary/aromatic N) is 5. The van der Waals surface area contributed by atoms with Crippen LogP contribution < -0.4 is 5.73 Å². The van der Waals surface area contributed by atoms with Crippen molar-refractivity contribution in [1.29, 1.82) is 0 Å². The molecule has 0 atom stereocenters. The molecule has 0 aliphatic rings. The van der Waals surface area contributed by atoms with Gasteiger partial charge in [0, 0.05) is 18.2 Å². The predicted molar refractivity (Wildman–Crippen MR) is 47.9 cm³/mol. The van der Waals surface area contributed by atoms with Crippen LogP contribution in [0.5, 0.6) is 0 Å². The molecule has 2 aromatic heterocycles. The summed E-state index contributed by atoms with van der Waals surface area (Å²) in [6, 6.07) is 3.62. The second-order valence-corrected chi connectivity index (χ2v) is 2.75. The van der Waals surface area contributed by atoms with Gasteiger partial charge in [0.05, 0.1) is 0 Å². The third-order valence-electron chi connectivity index (χ3n) is 1.80. The molecule has 0 unspecified atom stereocenters. The summed E-state index contributed by atoms with van der Waals surface area (Å²) in [4.78, 5) is 0. The first-order chi connectivity index (χ1) is 6.81. The van der Waals surface area contributed by atoms with Gasteiger partial charge >= 0.3 is 0 Å². The van der Waals surface area contributed by atoms with Gasteiger partial charge in [0.2, 0.25) is 0 Å². The molecular weight excluding hydrogens is 184 g/mol. The molecule has 7 heteroatoms. The van der Waals surface area contributed by atoms with Crippen LogP contribution in [0.1, 0.15) is 5.56 Å². The molecule has 0 aliphatic carbocycles. The number of oxime groups is 1. The van der Waals surface area contributed by atoms with Gasteiger partial charge in [-0.25, -0.2) is 4.52 Å². The highest BCUT2D eigenvalue weighted by Crippen LogP contribution is 2.06. The van der Waals surface area contributed by atoms with Crippen molar-refractivity contribution in [3.63, 3.8) is 0 Å². The zero-order valence-corrected chi connectivity index (χ0v) is 7.20. The van der Waals surface area contributed by atoms with Crippen LogP contribution in [-0.4, -0.2) is 31.1 Å². The van der Waals surface area contributed by atoms with Gasteiger partial charge in [0.15, 0.2) is 5.65 Å². The van der Waals surface area contributed by atoms with E-state index in [0.29, 0.717) is 12.1 Å². The van der Waals surface area contributed by atoms with Crippen molar-refractivity contribution in [2.45, 2.75) is 6.42 Å². The summed E-state index contributed by atoms with van der Waals surface area (Å²) in [6.07, 6.45) is 2.05. The molecule has 0 aromatic carbocycles. The molecule has 0 radical (unpaired) electrons. The molecule has 0 bridgehead atoms. The zero-order valence-electron chi connectivity index (χ0n) is 7.20. The summed E-state index contributed by atoms with van der Waals surface area (Å²) in [5.41, 5.74) is 6.81. The molecule has 0 spiro atoms. The van der Waals surface area contributed by atoms with E-state index in [1.807, 2.05) is 6.07 Å². The quantitative estimate of drug-likeness (QED) is 0.286. The first-order valence-electron chi connectivity index (χ1n) is 3.93. The Hall–Kier alpha value is -2.18. The maximum Gasteiger partial charge on any atom is 0.182 e. The van der Waals surface area contributed by atoms with Crippen molar-refractivity contribution >= 4 is 11.5 Å². The minimum absolute atomic E-state index is 0.126. The standard InChI is InChI=1S/C7H8N6O/c8-6(10-14)4-5-2-1-3-13-7(5)9-11-12-13/h1-3,14H,4H2,(H2,8,10). The monoisotopic (exact) mass is 192 g/mol. The van der Waals surface area contributed by atoms with Crippen LogP contribution >= 0.6 is 0 Å². The molecule has 3 N–H and O–H groups in total. The molecular formula is C7H8N6O. The van der Waals surface area contributed by atoms with Crippen molar-refractivity contribution in [2.24, 2.45) is 10.9 Å². The fourth-order valence-corrected chi connectivity index (χ4v) is 1.19. The average Bonchev–Trinajstić information content (AvgIpc) is 2.66. The Morgan fingerprint density at radius 1 is 1.64 bits per heavy atom. The Kier molecular flexibility index (Phi) is 1.98. The third-order valence-corrected chi connectivity index (χ3v) is 1.80. The normalized spacial score (nSPS) is 12.1. The smallest absolute Gasteiger partial charge is 0.182 e. The topological polar surface area (TPSA) is 102 Å². The van der Waals surface area contributed by atoms with Crippen molar-refractivity contribution in [3.8, 4) is 0 Å². The van der Waals surface area contributed by atoms with E-state index in [4.69, 9.17) is 10.9 Å². The predicted octanol–water partition coefficient (Wildman–Crippen LogP) is -0.587. The highest BCUT2D eigenvalue weighted by Gasteiger charge is 2.05. The Labute approximate surface area is 78.8 Å². The second-order valence-electron chi connectivity index (χ2n) is 2.75. The lowest BCUT2D eigenvalue weighted by Crippen LogP contribution is -2.15. The lowest BCUT2D eigenvalue weighted by Gasteiger charge is -1.99. The van der Waals surface area contributed by atoms with Crippen molar-refractivity contribution < 1.29 is 5.21 Å². The van der Waals surface area contributed by atoms with E-state index in [9.17, 15) is 0 Å². The second kappa shape index (κ2) is 3.29. The van der Waals surface area contributed by atoms with Gasteiger partial charge in [-0.05, 0) is 16.5 Å². The van der Waals surface area contributed by atoms with Crippen LogP contribution in [0.3, 0.4) is 0 Å². The Balaban J connectivity index is 2.46. The Morgan fingerprint density at radius 2 is 2.50 bits per heavy atom. The van der Waals surface area contributed by atoms with Crippen molar-refractivity contribution in [2.75, 3.05) is 0 Å². The maximum atomic E-state index is 8.42. The van der Waals surface area contributed by atoms with Gasteiger partial charge in [-0.3, -0.25) is 0 Å². The zero-order chi connectivity index (χ0) is 9.97. The van der Waals surface area contributed by atoms with E-state index in [2.05, 4.69) is 20.7 Å². The van der Waals surface area contributed by atoms with Crippen LogP contribution in [0.4, 0.5) is 0 Å². The summed E-state index contributed by atoms with van der Waals surface area (Å²) in [5, 5.41) is 22.4. The van der Waals surface area contributed by atoms with Crippen LogP contribution in [0.2, 0.25) is 0 Å². The summed E-state index contributed by atoms with van der Waals surface area (Å²) >= 11 is 0. The number of nitrogens with two attached hydrogens (primary N) is 1. The fourth-order valence-electron chi connectivity index (χ4n) is 1.19. The molecule has 2 rings (SSSR count). The SMILES string of the molecule is N/C(Cc1cccn2nnnc12)=N\O. The third kappa shape index (κ3) is 1.35.